The van der Waals surface area contributed by atoms with Crippen molar-refractivity contribution in [3.05, 3.63) is 35.9 Å². The van der Waals surface area contributed by atoms with Gasteiger partial charge in [-0.15, -0.1) is 0 Å². The quantitative estimate of drug-likeness (QED) is 0.237. The van der Waals surface area contributed by atoms with Gasteiger partial charge in [-0.2, -0.15) is 0 Å². The molecule has 1 aromatic carbocycles. The lowest BCUT2D eigenvalue weighted by Crippen LogP contribution is -2.47. The summed E-state index contributed by atoms with van der Waals surface area (Å²) in [5.74, 6) is -0.769. The number of Topliss-reactive ketones (excluding diaryl/α,β-unsaturated/α-hetero) is 2. The molecule has 39 heavy (non-hydrogen) atoms. The van der Waals surface area contributed by atoms with Crippen LogP contribution < -0.4 is 10.6 Å². The van der Waals surface area contributed by atoms with Crippen LogP contribution in [0, 0.1) is 17.8 Å². The topological polar surface area (TPSA) is 133 Å². The van der Waals surface area contributed by atoms with Crippen LogP contribution in [0.5, 0.6) is 0 Å². The first-order chi connectivity index (χ1) is 18.6. The summed E-state index contributed by atoms with van der Waals surface area (Å²) in [6.45, 7) is 4.79. The Morgan fingerprint density at radius 1 is 1.00 bits per heavy atom. The molecule has 0 aliphatic heterocycles. The van der Waals surface area contributed by atoms with Gasteiger partial charge in [-0.1, -0.05) is 82.7 Å². The highest BCUT2D eigenvalue weighted by atomic mass is 16.3. The average molecular weight is 545 g/mol. The standard InChI is InChI=1S/C31H48N2O6/c1-4-21(2)31(32-22(3)35)29(38)19-25(24-13-9-6-10-14-24)18-28(37)27(17-23-11-7-5-8-12-23)33-30(39)16-15-26(36)20-34/h5,7-8,11-12,21,24-25,27-28,31,34,37H,4,6,9-10,13-20H2,1-3H3,(H,32,35)(H,33,39)/t21?,25-,27-,28-,31-/m0/s1. The fraction of sp³-hybridized carbons (Fsp3) is 0.677. The Morgan fingerprint density at radius 3 is 2.26 bits per heavy atom. The highest BCUT2D eigenvalue weighted by Crippen LogP contribution is 2.35. The van der Waals surface area contributed by atoms with E-state index in [2.05, 4.69) is 10.6 Å². The number of aliphatic hydroxyl groups excluding tert-OH is 2. The summed E-state index contributed by atoms with van der Waals surface area (Å²) in [4.78, 5) is 49.5. The van der Waals surface area contributed by atoms with Crippen LogP contribution in [0.2, 0.25) is 0 Å². The van der Waals surface area contributed by atoms with Gasteiger partial charge in [0, 0.05) is 26.2 Å². The third kappa shape index (κ3) is 11.6. The lowest BCUT2D eigenvalue weighted by molar-refractivity contribution is -0.129. The van der Waals surface area contributed by atoms with Gasteiger partial charge in [-0.3, -0.25) is 19.2 Å². The maximum absolute atomic E-state index is 13.5. The molecule has 1 fully saturated rings. The molecule has 1 aromatic rings. The Balaban J connectivity index is 2.22. The fourth-order valence-electron chi connectivity index (χ4n) is 5.66. The van der Waals surface area contributed by atoms with Crippen molar-refractivity contribution in [2.45, 2.75) is 110 Å². The molecule has 0 spiro atoms. The number of nitrogens with one attached hydrogen (secondary N) is 2. The molecule has 218 valence electrons. The Morgan fingerprint density at radius 2 is 1.67 bits per heavy atom. The van der Waals surface area contributed by atoms with Crippen LogP contribution in [0.3, 0.4) is 0 Å². The van der Waals surface area contributed by atoms with E-state index in [4.69, 9.17) is 5.11 Å². The normalized spacial score (nSPS) is 17.9. The van der Waals surface area contributed by atoms with Crippen LogP contribution in [-0.2, 0) is 25.6 Å². The highest BCUT2D eigenvalue weighted by molar-refractivity contribution is 5.89. The molecular formula is C31H48N2O6. The molecule has 2 amide bonds. The molecule has 1 aliphatic rings. The molecule has 1 aliphatic carbocycles. The van der Waals surface area contributed by atoms with E-state index >= 15 is 0 Å². The molecule has 4 N–H and O–H groups in total. The Hall–Kier alpha value is -2.58. The largest absolute Gasteiger partial charge is 0.391 e. The Labute approximate surface area is 233 Å². The van der Waals surface area contributed by atoms with E-state index in [0.29, 0.717) is 18.8 Å². The van der Waals surface area contributed by atoms with Gasteiger partial charge in [-0.25, -0.2) is 0 Å². The summed E-state index contributed by atoms with van der Waals surface area (Å²) < 4.78 is 0. The number of rotatable bonds is 17. The number of hydrogen-bond acceptors (Lipinski definition) is 6. The second-order valence-corrected chi connectivity index (χ2v) is 11.3. The molecule has 0 radical (unpaired) electrons. The maximum atomic E-state index is 13.5. The van der Waals surface area contributed by atoms with Crippen molar-refractivity contribution >= 4 is 23.4 Å². The van der Waals surface area contributed by atoms with Crippen molar-refractivity contribution in [3.63, 3.8) is 0 Å². The van der Waals surface area contributed by atoms with E-state index in [1.165, 1.54) is 13.3 Å². The minimum Gasteiger partial charge on any atom is -0.391 e. The van der Waals surface area contributed by atoms with Crippen LogP contribution >= 0.6 is 0 Å². The number of ketones is 2. The van der Waals surface area contributed by atoms with Gasteiger partial charge in [-0.05, 0) is 36.2 Å². The number of aliphatic hydroxyl groups is 2. The minimum absolute atomic E-state index is 0.00470. The van der Waals surface area contributed by atoms with E-state index in [-0.39, 0.29) is 48.7 Å². The molecule has 8 nitrogen and oxygen atoms in total. The van der Waals surface area contributed by atoms with Crippen LogP contribution in [0.15, 0.2) is 30.3 Å². The van der Waals surface area contributed by atoms with E-state index in [0.717, 1.165) is 37.7 Å². The summed E-state index contributed by atoms with van der Waals surface area (Å²) >= 11 is 0. The number of hydrogen-bond donors (Lipinski definition) is 4. The number of carbonyl (C=O) groups is 4. The monoisotopic (exact) mass is 544 g/mol. The molecule has 1 unspecified atom stereocenters. The summed E-state index contributed by atoms with van der Waals surface area (Å²) in [6, 6.07) is 8.44. The van der Waals surface area contributed by atoms with Gasteiger partial charge < -0.3 is 20.8 Å². The van der Waals surface area contributed by atoms with Crippen LogP contribution in [-0.4, -0.2) is 58.4 Å². The lowest BCUT2D eigenvalue weighted by atomic mass is 9.73. The summed E-state index contributed by atoms with van der Waals surface area (Å²) in [6.07, 6.45) is 6.13. The van der Waals surface area contributed by atoms with Gasteiger partial charge in [0.15, 0.2) is 11.6 Å². The second kappa shape index (κ2) is 17.2. The third-order valence-electron chi connectivity index (χ3n) is 8.16. The first-order valence-electron chi connectivity index (χ1n) is 14.6. The summed E-state index contributed by atoms with van der Waals surface area (Å²) in [7, 11) is 0. The molecule has 0 aromatic heterocycles. The first-order valence-corrected chi connectivity index (χ1v) is 14.6. The predicted molar refractivity (Wildman–Crippen MR) is 151 cm³/mol. The van der Waals surface area contributed by atoms with E-state index < -0.39 is 30.6 Å². The smallest absolute Gasteiger partial charge is 0.220 e. The summed E-state index contributed by atoms with van der Waals surface area (Å²) in [5, 5.41) is 26.2. The number of carbonyl (C=O) groups excluding carboxylic acids is 4. The lowest BCUT2D eigenvalue weighted by Gasteiger charge is -2.35. The summed E-state index contributed by atoms with van der Waals surface area (Å²) in [5.41, 5.74) is 0.959. The van der Waals surface area contributed by atoms with Gasteiger partial charge in [0.25, 0.3) is 0 Å². The van der Waals surface area contributed by atoms with Crippen LogP contribution in [0.4, 0.5) is 0 Å². The molecule has 0 bridgehead atoms. The van der Waals surface area contributed by atoms with Crippen molar-refractivity contribution in [3.8, 4) is 0 Å². The molecule has 0 heterocycles. The number of amides is 2. The van der Waals surface area contributed by atoms with Gasteiger partial charge in [0.05, 0.1) is 18.2 Å². The number of benzene rings is 1. The second-order valence-electron chi connectivity index (χ2n) is 11.3. The van der Waals surface area contributed by atoms with E-state index in [1.807, 2.05) is 44.2 Å². The van der Waals surface area contributed by atoms with Crippen LogP contribution in [0.1, 0.15) is 90.5 Å². The van der Waals surface area contributed by atoms with Gasteiger partial charge in [0.2, 0.25) is 11.8 Å². The SMILES string of the molecule is CCC(C)[C@H](NC(C)=O)C(=O)C[C@H](C[C@H](O)[C@H](Cc1ccccc1)NC(=O)CCC(=O)CO)C1CCCCC1. The maximum Gasteiger partial charge on any atom is 0.220 e. The minimum atomic E-state index is -0.898. The van der Waals surface area contributed by atoms with Gasteiger partial charge in [0.1, 0.15) is 6.61 Å². The molecule has 2 rings (SSSR count). The van der Waals surface area contributed by atoms with Crippen molar-refractivity contribution in [1.82, 2.24) is 10.6 Å². The Bertz CT molecular complexity index is 915. The fourth-order valence-corrected chi connectivity index (χ4v) is 5.66. The average Bonchev–Trinajstić information content (AvgIpc) is 2.94. The Kier molecular flexibility index (Phi) is 14.4. The first kappa shape index (κ1) is 32.6. The van der Waals surface area contributed by atoms with Crippen molar-refractivity contribution in [1.29, 1.82) is 0 Å². The predicted octanol–water partition coefficient (Wildman–Crippen LogP) is 3.51. The van der Waals surface area contributed by atoms with E-state index in [9.17, 15) is 24.3 Å². The zero-order valence-electron chi connectivity index (χ0n) is 23.9. The van der Waals surface area contributed by atoms with Crippen LogP contribution in [0.25, 0.3) is 0 Å². The molecule has 8 heteroatoms. The zero-order chi connectivity index (χ0) is 28.8. The van der Waals surface area contributed by atoms with Crippen molar-refractivity contribution < 1.29 is 29.4 Å². The highest BCUT2D eigenvalue weighted by Gasteiger charge is 2.34. The molecule has 0 saturated heterocycles. The molecule has 5 atom stereocenters. The third-order valence-corrected chi connectivity index (χ3v) is 8.16. The van der Waals surface area contributed by atoms with E-state index in [1.54, 1.807) is 0 Å². The van der Waals surface area contributed by atoms with Crippen molar-refractivity contribution in [2.75, 3.05) is 6.61 Å². The van der Waals surface area contributed by atoms with Gasteiger partial charge >= 0.3 is 0 Å². The molecular weight excluding hydrogens is 496 g/mol. The zero-order valence-corrected chi connectivity index (χ0v) is 23.9. The molecule has 1 saturated carbocycles. The van der Waals surface area contributed by atoms with Crippen molar-refractivity contribution in [2.24, 2.45) is 17.8 Å².